The van der Waals surface area contributed by atoms with Gasteiger partial charge in [0.15, 0.2) is 5.82 Å². The first kappa shape index (κ1) is 15.4. The monoisotopic (exact) mass is 330 g/mol. The Kier molecular flexibility index (Phi) is 3.97. The van der Waals surface area contributed by atoms with Crippen LogP contribution in [0.25, 0.3) is 11.4 Å². The van der Waals surface area contributed by atoms with Gasteiger partial charge in [0.05, 0.1) is 4.92 Å². The lowest BCUT2D eigenvalue weighted by Crippen LogP contribution is -2.06. The van der Waals surface area contributed by atoms with E-state index < -0.39 is 14.0 Å². The number of nitro benzene ring substituents is 1. The number of halogens is 1. The molecule has 0 spiro atoms. The van der Waals surface area contributed by atoms with Crippen molar-refractivity contribution >= 4 is 25.4 Å². The number of nitro groups is 1. The van der Waals surface area contributed by atoms with E-state index >= 15 is 0 Å². The molecule has 21 heavy (non-hydrogen) atoms. The van der Waals surface area contributed by atoms with Gasteiger partial charge in [0.25, 0.3) is 19.9 Å². The minimum Gasteiger partial charge on any atom is -0.297 e. The second-order valence-corrected chi connectivity index (χ2v) is 6.71. The molecule has 0 amide bonds. The first-order valence-corrected chi connectivity index (χ1v) is 8.20. The third-order valence-electron chi connectivity index (χ3n) is 2.90. The number of hydrogen-bond acceptors (Lipinski definition) is 6. The van der Waals surface area contributed by atoms with E-state index in [4.69, 9.17) is 10.7 Å². The Labute approximate surface area is 124 Å². The van der Waals surface area contributed by atoms with E-state index in [9.17, 15) is 18.5 Å². The summed E-state index contributed by atoms with van der Waals surface area (Å²) in [6, 6.07) is 4.39. The molecular weight excluding hydrogens is 320 g/mol. The predicted molar refractivity (Wildman–Crippen MR) is 75.6 cm³/mol. The first-order chi connectivity index (χ1) is 9.75. The molecule has 10 heteroatoms. The summed E-state index contributed by atoms with van der Waals surface area (Å²) in [5, 5.41) is 17.9. The highest BCUT2D eigenvalue weighted by Crippen LogP contribution is 2.27. The lowest BCUT2D eigenvalue weighted by Gasteiger charge is -2.06. The molecule has 0 saturated carbocycles. The largest absolute Gasteiger partial charge is 0.297 e. The van der Waals surface area contributed by atoms with Crippen molar-refractivity contribution in [1.29, 1.82) is 0 Å². The molecule has 0 bridgehead atoms. The fourth-order valence-corrected chi connectivity index (χ4v) is 2.93. The average Bonchev–Trinajstić information content (AvgIpc) is 2.81. The molecule has 0 N–H and O–H groups in total. The summed E-state index contributed by atoms with van der Waals surface area (Å²) in [5.74, 6) is 0.287. The Morgan fingerprint density at radius 1 is 1.38 bits per heavy atom. The van der Waals surface area contributed by atoms with E-state index in [1.807, 2.05) is 0 Å². The van der Waals surface area contributed by atoms with Gasteiger partial charge in [0, 0.05) is 34.4 Å². The summed E-state index contributed by atoms with van der Waals surface area (Å²) in [7, 11) is 1.29. The molecular formula is C11H11ClN4O4S. The van der Waals surface area contributed by atoms with Crippen molar-refractivity contribution in [3.05, 3.63) is 33.9 Å². The quantitative estimate of drug-likeness (QED) is 0.482. The molecule has 2 aromatic rings. The number of aromatic nitrogens is 3. The van der Waals surface area contributed by atoms with Gasteiger partial charge in [-0.25, -0.2) is 8.42 Å². The summed E-state index contributed by atoms with van der Waals surface area (Å²) in [6.07, 6.45) is 0. The normalized spacial score (nSPS) is 11.6. The first-order valence-electron chi connectivity index (χ1n) is 5.89. The summed E-state index contributed by atoms with van der Waals surface area (Å²) >= 11 is 0. The van der Waals surface area contributed by atoms with Crippen molar-refractivity contribution in [2.45, 2.75) is 25.5 Å². The molecule has 0 radical (unpaired) electrons. The maximum atomic E-state index is 11.4. The summed E-state index contributed by atoms with van der Waals surface area (Å²) in [4.78, 5) is 10.3. The lowest BCUT2D eigenvalue weighted by molar-refractivity contribution is -0.385. The van der Waals surface area contributed by atoms with E-state index in [0.29, 0.717) is 17.7 Å². The third kappa shape index (κ3) is 2.88. The summed E-state index contributed by atoms with van der Waals surface area (Å²) in [6.45, 7) is 3.60. The minimum absolute atomic E-state index is 0.0218. The van der Waals surface area contributed by atoms with Crippen LogP contribution in [0.2, 0.25) is 0 Å². The second-order valence-electron chi connectivity index (χ2n) is 4.25. The van der Waals surface area contributed by atoms with Crippen LogP contribution < -0.4 is 0 Å². The lowest BCUT2D eigenvalue weighted by atomic mass is 10.1. The van der Waals surface area contributed by atoms with Crippen molar-refractivity contribution in [1.82, 2.24) is 14.8 Å². The van der Waals surface area contributed by atoms with E-state index in [1.54, 1.807) is 19.9 Å². The Morgan fingerprint density at radius 3 is 2.52 bits per heavy atom. The van der Waals surface area contributed by atoms with Gasteiger partial charge in [-0.15, -0.1) is 10.2 Å². The summed E-state index contributed by atoms with van der Waals surface area (Å²) < 4.78 is 24.2. The van der Waals surface area contributed by atoms with Crippen molar-refractivity contribution < 1.29 is 13.3 Å². The van der Waals surface area contributed by atoms with E-state index in [1.165, 1.54) is 16.7 Å². The van der Waals surface area contributed by atoms with Crippen LogP contribution in [-0.2, 0) is 15.6 Å². The predicted octanol–water partition coefficient (Wildman–Crippen LogP) is 2.11. The Bertz CT molecular complexity index is 816. The molecule has 0 unspecified atom stereocenters. The molecule has 0 fully saturated rings. The molecule has 8 nitrogen and oxygen atoms in total. The van der Waals surface area contributed by atoms with Gasteiger partial charge >= 0.3 is 0 Å². The zero-order valence-corrected chi connectivity index (χ0v) is 12.7. The van der Waals surface area contributed by atoms with Gasteiger partial charge < -0.3 is 0 Å². The van der Waals surface area contributed by atoms with E-state index in [2.05, 4.69) is 10.2 Å². The van der Waals surface area contributed by atoms with E-state index in [0.717, 1.165) is 0 Å². The zero-order chi connectivity index (χ0) is 15.8. The van der Waals surface area contributed by atoms with Crippen LogP contribution in [0.15, 0.2) is 23.4 Å². The van der Waals surface area contributed by atoms with E-state index in [-0.39, 0.29) is 16.7 Å². The van der Waals surface area contributed by atoms with Crippen LogP contribution in [0, 0.1) is 17.0 Å². The molecule has 0 saturated heterocycles. The van der Waals surface area contributed by atoms with Gasteiger partial charge in [-0.1, -0.05) is 0 Å². The number of rotatable bonds is 4. The minimum atomic E-state index is -4.01. The van der Waals surface area contributed by atoms with Crippen LogP contribution in [0.4, 0.5) is 5.69 Å². The highest BCUT2D eigenvalue weighted by atomic mass is 35.7. The van der Waals surface area contributed by atoms with Crippen LogP contribution in [0.5, 0.6) is 0 Å². The fraction of sp³-hybridized carbons (Fsp3) is 0.273. The van der Waals surface area contributed by atoms with Crippen LogP contribution in [-0.4, -0.2) is 28.1 Å². The zero-order valence-electron chi connectivity index (χ0n) is 11.1. The highest BCUT2D eigenvalue weighted by molar-refractivity contribution is 8.13. The smallest absolute Gasteiger partial charge is 0.296 e. The third-order valence-corrected chi connectivity index (χ3v) is 4.06. The molecule has 2 rings (SSSR count). The molecule has 1 aromatic carbocycles. The molecule has 1 heterocycles. The van der Waals surface area contributed by atoms with Gasteiger partial charge in [-0.2, -0.15) is 0 Å². The fourth-order valence-electron chi connectivity index (χ4n) is 1.97. The van der Waals surface area contributed by atoms with Crippen molar-refractivity contribution in [3.8, 4) is 11.4 Å². The van der Waals surface area contributed by atoms with Crippen LogP contribution in [0.3, 0.4) is 0 Å². The van der Waals surface area contributed by atoms with Crippen molar-refractivity contribution in [2.75, 3.05) is 0 Å². The SMILES string of the molecule is CCn1c(-c2ccc([N+](=O)[O-])c(C)c2)nnc1S(=O)(=O)Cl. The standard InChI is InChI=1S/C11H11ClN4O4S/c1-3-15-10(13-14-11(15)21(12,19)20)8-4-5-9(16(17)18)7(2)6-8/h4-6H,3H2,1-2H3. The molecule has 112 valence electrons. The van der Waals surface area contributed by atoms with Gasteiger partial charge in [-0.05, 0) is 26.0 Å². The molecule has 0 aliphatic rings. The van der Waals surface area contributed by atoms with Crippen molar-refractivity contribution in [3.63, 3.8) is 0 Å². The molecule has 0 aliphatic heterocycles. The molecule has 1 aromatic heterocycles. The maximum Gasteiger partial charge on any atom is 0.296 e. The maximum absolute atomic E-state index is 11.4. The topological polar surface area (TPSA) is 108 Å². The Balaban J connectivity index is 2.61. The second kappa shape index (κ2) is 5.41. The molecule has 0 atom stereocenters. The number of hydrogen-bond donors (Lipinski definition) is 0. The number of benzene rings is 1. The van der Waals surface area contributed by atoms with Gasteiger partial charge in [0.1, 0.15) is 0 Å². The van der Waals surface area contributed by atoms with Crippen LogP contribution in [0.1, 0.15) is 12.5 Å². The average molecular weight is 331 g/mol. The summed E-state index contributed by atoms with van der Waals surface area (Å²) in [5.41, 5.74) is 0.948. The van der Waals surface area contributed by atoms with Gasteiger partial charge in [-0.3, -0.25) is 14.7 Å². The Morgan fingerprint density at radius 2 is 2.05 bits per heavy atom. The van der Waals surface area contributed by atoms with Crippen LogP contribution >= 0.6 is 10.7 Å². The highest BCUT2D eigenvalue weighted by Gasteiger charge is 2.23. The Hall–Kier alpha value is -2.00. The van der Waals surface area contributed by atoms with Gasteiger partial charge in [0.2, 0.25) is 0 Å². The molecule has 0 aliphatic carbocycles. The number of aryl methyl sites for hydroxylation is 1. The number of nitrogens with zero attached hydrogens (tertiary/aromatic N) is 4. The van der Waals surface area contributed by atoms with Crippen molar-refractivity contribution in [2.24, 2.45) is 0 Å².